The number of fused-ring (bicyclic) bond motifs is 1. The van der Waals surface area contributed by atoms with E-state index in [2.05, 4.69) is 20.5 Å². The van der Waals surface area contributed by atoms with Gasteiger partial charge >= 0.3 is 0 Å². The van der Waals surface area contributed by atoms with Gasteiger partial charge in [-0.25, -0.2) is 0 Å². The first kappa shape index (κ1) is 13.1. The molecule has 0 fully saturated rings. The predicted molar refractivity (Wildman–Crippen MR) is 82.2 cm³/mol. The molecular weight excluding hydrogens is 266 g/mol. The van der Waals surface area contributed by atoms with Crippen LogP contribution in [0.25, 0.3) is 10.9 Å². The van der Waals surface area contributed by atoms with Gasteiger partial charge in [-0.3, -0.25) is 14.9 Å². The molecule has 2 aromatic heterocycles. The zero-order valence-corrected chi connectivity index (χ0v) is 11.8. The number of nitrogens with zero attached hydrogens (tertiary/aromatic N) is 2. The first-order valence-electron chi connectivity index (χ1n) is 6.54. The molecule has 4 N–H and O–H groups in total. The van der Waals surface area contributed by atoms with Crippen LogP contribution in [-0.2, 0) is 0 Å². The van der Waals surface area contributed by atoms with E-state index in [1.54, 1.807) is 13.0 Å². The van der Waals surface area contributed by atoms with E-state index >= 15 is 0 Å². The fourth-order valence-electron chi connectivity index (χ4n) is 2.20. The van der Waals surface area contributed by atoms with Crippen molar-refractivity contribution in [2.24, 2.45) is 0 Å². The Hall–Kier alpha value is -2.89. The van der Waals surface area contributed by atoms with E-state index in [4.69, 9.17) is 5.73 Å². The number of benzene rings is 1. The molecule has 0 aliphatic rings. The molecule has 0 radical (unpaired) electrons. The van der Waals surface area contributed by atoms with Gasteiger partial charge in [-0.1, -0.05) is 18.2 Å². The van der Waals surface area contributed by atoms with Crippen molar-refractivity contribution in [1.29, 1.82) is 0 Å². The third-order valence-electron chi connectivity index (χ3n) is 3.32. The van der Waals surface area contributed by atoms with Crippen LogP contribution in [0.1, 0.15) is 21.7 Å². The van der Waals surface area contributed by atoms with E-state index in [-0.39, 0.29) is 5.91 Å². The highest BCUT2D eigenvalue weighted by Gasteiger charge is 2.15. The fraction of sp³-hybridized carbons (Fsp3) is 0.133. The molecule has 2 heterocycles. The minimum absolute atomic E-state index is 0.255. The van der Waals surface area contributed by atoms with Gasteiger partial charge in [0.05, 0.1) is 22.5 Å². The summed E-state index contributed by atoms with van der Waals surface area (Å²) in [6.07, 6.45) is 0. The minimum atomic E-state index is -0.255. The smallest absolute Gasteiger partial charge is 0.257 e. The Kier molecular flexibility index (Phi) is 3.06. The summed E-state index contributed by atoms with van der Waals surface area (Å²) in [4.78, 5) is 16.9. The van der Waals surface area contributed by atoms with Gasteiger partial charge in [-0.05, 0) is 26.0 Å². The van der Waals surface area contributed by atoms with Crippen LogP contribution >= 0.6 is 0 Å². The number of hydrogen-bond donors (Lipinski definition) is 3. The van der Waals surface area contributed by atoms with E-state index in [0.717, 1.165) is 22.3 Å². The topological polar surface area (TPSA) is 96.7 Å². The number of aromatic amines is 1. The number of para-hydroxylation sites is 1. The second-order valence-electron chi connectivity index (χ2n) is 4.89. The van der Waals surface area contributed by atoms with Gasteiger partial charge < -0.3 is 11.1 Å². The van der Waals surface area contributed by atoms with Crippen molar-refractivity contribution in [3.8, 4) is 0 Å². The second-order valence-corrected chi connectivity index (χ2v) is 4.89. The number of pyridine rings is 1. The highest BCUT2D eigenvalue weighted by Crippen LogP contribution is 2.22. The molecule has 1 aromatic carbocycles. The van der Waals surface area contributed by atoms with Gasteiger partial charge in [0.15, 0.2) is 5.82 Å². The quantitative estimate of drug-likeness (QED) is 0.672. The molecule has 3 aromatic rings. The summed E-state index contributed by atoms with van der Waals surface area (Å²) in [6, 6.07) is 9.28. The third-order valence-corrected chi connectivity index (χ3v) is 3.32. The third kappa shape index (κ3) is 2.31. The number of rotatable bonds is 2. The highest BCUT2D eigenvalue weighted by molar-refractivity contribution is 6.12. The number of H-pyrrole nitrogens is 1. The number of aryl methyl sites for hydroxylation is 2. The van der Waals surface area contributed by atoms with Crippen molar-refractivity contribution in [3.63, 3.8) is 0 Å². The molecule has 21 heavy (non-hydrogen) atoms. The first-order chi connectivity index (χ1) is 10.1. The van der Waals surface area contributed by atoms with Crippen LogP contribution in [0.5, 0.6) is 0 Å². The summed E-state index contributed by atoms with van der Waals surface area (Å²) in [5, 5.41) is 10.3. The number of amides is 1. The number of carbonyl (C=O) groups is 1. The largest absolute Gasteiger partial charge is 0.394 e. The predicted octanol–water partition coefficient (Wildman–Crippen LogP) is 2.41. The lowest BCUT2D eigenvalue weighted by Gasteiger charge is -2.08. The van der Waals surface area contributed by atoms with Crippen LogP contribution in [0.15, 0.2) is 30.3 Å². The van der Waals surface area contributed by atoms with E-state index in [9.17, 15) is 4.79 Å². The van der Waals surface area contributed by atoms with Crippen LogP contribution < -0.4 is 11.1 Å². The van der Waals surface area contributed by atoms with Crippen molar-refractivity contribution in [3.05, 3.63) is 47.3 Å². The Labute approximate surface area is 121 Å². The zero-order valence-electron chi connectivity index (χ0n) is 11.8. The molecule has 6 nitrogen and oxygen atoms in total. The molecular formula is C15H15N5O. The lowest BCUT2D eigenvalue weighted by Crippen LogP contribution is -2.14. The average Bonchev–Trinajstić information content (AvgIpc) is 2.78. The molecule has 0 unspecified atom stereocenters. The fourth-order valence-corrected chi connectivity index (χ4v) is 2.20. The van der Waals surface area contributed by atoms with Crippen molar-refractivity contribution in [1.82, 2.24) is 15.2 Å². The Balaban J connectivity index is 2.04. The monoisotopic (exact) mass is 281 g/mol. The second kappa shape index (κ2) is 4.90. The Morgan fingerprint density at radius 2 is 2.05 bits per heavy atom. The van der Waals surface area contributed by atoms with E-state index in [1.807, 2.05) is 31.2 Å². The van der Waals surface area contributed by atoms with Crippen LogP contribution in [0.3, 0.4) is 0 Å². The highest BCUT2D eigenvalue weighted by atomic mass is 16.1. The number of aromatic nitrogens is 3. The maximum atomic E-state index is 12.5. The molecule has 0 aliphatic carbocycles. The molecule has 6 heteroatoms. The van der Waals surface area contributed by atoms with Gasteiger partial charge in [0.25, 0.3) is 5.91 Å². The summed E-state index contributed by atoms with van der Waals surface area (Å²) >= 11 is 0. The molecule has 1 amide bonds. The van der Waals surface area contributed by atoms with Gasteiger partial charge in [0.1, 0.15) is 0 Å². The van der Waals surface area contributed by atoms with Crippen LogP contribution in [0.4, 0.5) is 11.5 Å². The standard InChI is InChI=1S/C15H15N5O/c1-8-7-11(10-5-3-4-6-12(10)17-8)15(21)18-14-13(16)9(2)19-20-14/h3-7H,16H2,1-2H3,(H2,18,19,20,21). The number of carbonyl (C=O) groups excluding carboxylic acids is 1. The molecule has 0 spiro atoms. The average molecular weight is 281 g/mol. The van der Waals surface area contributed by atoms with Gasteiger partial charge in [-0.2, -0.15) is 5.10 Å². The number of anilines is 2. The number of nitrogens with one attached hydrogen (secondary N) is 2. The Morgan fingerprint density at radius 1 is 1.29 bits per heavy atom. The molecule has 0 atom stereocenters. The van der Waals surface area contributed by atoms with Crippen molar-refractivity contribution < 1.29 is 4.79 Å². The maximum absolute atomic E-state index is 12.5. The lowest BCUT2D eigenvalue weighted by atomic mass is 10.1. The van der Waals surface area contributed by atoms with E-state index < -0.39 is 0 Å². The van der Waals surface area contributed by atoms with Crippen LogP contribution in [-0.4, -0.2) is 21.1 Å². The Bertz CT molecular complexity index is 837. The molecule has 106 valence electrons. The van der Waals surface area contributed by atoms with Gasteiger partial charge in [0.2, 0.25) is 0 Å². The number of hydrogen-bond acceptors (Lipinski definition) is 4. The molecule has 0 saturated heterocycles. The number of nitrogen functional groups attached to an aromatic ring is 1. The molecule has 0 bridgehead atoms. The summed E-state index contributed by atoms with van der Waals surface area (Å²) in [5.41, 5.74) is 9.14. The number of nitrogens with two attached hydrogens (primary N) is 1. The molecule has 3 rings (SSSR count). The summed E-state index contributed by atoms with van der Waals surface area (Å²) in [5.74, 6) is 0.0888. The zero-order chi connectivity index (χ0) is 15.0. The van der Waals surface area contributed by atoms with Gasteiger partial charge in [0, 0.05) is 11.1 Å². The van der Waals surface area contributed by atoms with E-state index in [1.165, 1.54) is 0 Å². The van der Waals surface area contributed by atoms with Crippen molar-refractivity contribution >= 4 is 28.3 Å². The van der Waals surface area contributed by atoms with Crippen LogP contribution in [0.2, 0.25) is 0 Å². The maximum Gasteiger partial charge on any atom is 0.257 e. The van der Waals surface area contributed by atoms with Gasteiger partial charge in [-0.15, -0.1) is 0 Å². The van der Waals surface area contributed by atoms with Crippen LogP contribution in [0, 0.1) is 13.8 Å². The Morgan fingerprint density at radius 3 is 2.76 bits per heavy atom. The van der Waals surface area contributed by atoms with Crippen molar-refractivity contribution in [2.75, 3.05) is 11.1 Å². The summed E-state index contributed by atoms with van der Waals surface area (Å²) in [6.45, 7) is 3.65. The molecule has 0 saturated carbocycles. The van der Waals surface area contributed by atoms with Crippen molar-refractivity contribution in [2.45, 2.75) is 13.8 Å². The summed E-state index contributed by atoms with van der Waals surface area (Å²) in [7, 11) is 0. The lowest BCUT2D eigenvalue weighted by molar-refractivity contribution is 0.102. The SMILES string of the molecule is Cc1cc(C(=O)Nc2n[nH]c(C)c2N)c2ccccc2n1. The molecule has 0 aliphatic heterocycles. The minimum Gasteiger partial charge on any atom is -0.394 e. The normalized spacial score (nSPS) is 10.8. The van der Waals surface area contributed by atoms with E-state index in [0.29, 0.717) is 17.1 Å². The summed E-state index contributed by atoms with van der Waals surface area (Å²) < 4.78 is 0. The first-order valence-corrected chi connectivity index (χ1v) is 6.54.